The van der Waals surface area contributed by atoms with Gasteiger partial charge in [-0.1, -0.05) is 6.92 Å². The Labute approximate surface area is 73.9 Å². The van der Waals surface area contributed by atoms with Crippen molar-refractivity contribution in [3.63, 3.8) is 0 Å². The first-order chi connectivity index (χ1) is 5.74. The number of primary amides is 1. The van der Waals surface area contributed by atoms with Crippen LogP contribution < -0.4 is 5.73 Å². The highest BCUT2D eigenvalue weighted by molar-refractivity contribution is 5.72. The van der Waals surface area contributed by atoms with E-state index in [0.717, 1.165) is 31.8 Å². The summed E-state index contributed by atoms with van der Waals surface area (Å²) in [4.78, 5) is 12.5. The molecule has 0 aromatic carbocycles. The molecule has 1 aliphatic rings. The van der Waals surface area contributed by atoms with Gasteiger partial charge in [0.05, 0.1) is 0 Å². The van der Waals surface area contributed by atoms with Crippen molar-refractivity contribution in [3.05, 3.63) is 6.42 Å². The highest BCUT2D eigenvalue weighted by atomic mass is 16.2. The molecule has 0 bridgehead atoms. The van der Waals surface area contributed by atoms with E-state index < -0.39 is 0 Å². The zero-order chi connectivity index (χ0) is 8.97. The molecule has 0 aliphatic carbocycles. The summed E-state index contributed by atoms with van der Waals surface area (Å²) in [5, 5.41) is 0. The largest absolute Gasteiger partial charge is 0.351 e. The Morgan fingerprint density at radius 3 is 2.58 bits per heavy atom. The van der Waals surface area contributed by atoms with Crippen molar-refractivity contribution >= 4 is 6.03 Å². The van der Waals surface area contributed by atoms with Gasteiger partial charge in [-0.3, -0.25) is 0 Å². The predicted molar refractivity (Wildman–Crippen MR) is 48.5 cm³/mol. The summed E-state index contributed by atoms with van der Waals surface area (Å²) in [6, 6.07) is -0.270. The fraction of sp³-hybridized carbons (Fsp3) is 0.778. The minimum atomic E-state index is -0.270. The molecular weight excluding hydrogens is 152 g/mol. The van der Waals surface area contributed by atoms with E-state index >= 15 is 0 Å². The first kappa shape index (κ1) is 9.36. The van der Waals surface area contributed by atoms with Crippen LogP contribution in [0.25, 0.3) is 0 Å². The average Bonchev–Trinajstić information content (AvgIpc) is 2.06. The quantitative estimate of drug-likeness (QED) is 0.667. The lowest BCUT2D eigenvalue weighted by molar-refractivity contribution is 0.178. The SMILES string of the molecule is C[CH]CC1CCN(C(N)=O)CC1. The second kappa shape index (κ2) is 4.33. The molecule has 1 fully saturated rings. The number of hydrogen-bond donors (Lipinski definition) is 1. The monoisotopic (exact) mass is 169 g/mol. The second-order valence-electron chi connectivity index (χ2n) is 3.41. The standard InChI is InChI=1S/C9H17N2O/c1-2-3-8-4-6-11(7-5-8)9(10)12/h2,8H,3-7H2,1H3,(H2,10,12). The Bertz CT molecular complexity index is 151. The summed E-state index contributed by atoms with van der Waals surface area (Å²) in [6.07, 6.45) is 5.58. The highest BCUT2D eigenvalue weighted by Crippen LogP contribution is 2.20. The number of piperidine rings is 1. The minimum Gasteiger partial charge on any atom is -0.351 e. The number of nitrogens with zero attached hydrogens (tertiary/aromatic N) is 1. The molecule has 0 spiro atoms. The molecule has 0 atom stereocenters. The van der Waals surface area contributed by atoms with Crippen LogP contribution in [0.4, 0.5) is 4.79 Å². The van der Waals surface area contributed by atoms with Gasteiger partial charge < -0.3 is 10.6 Å². The van der Waals surface area contributed by atoms with Crippen molar-refractivity contribution in [3.8, 4) is 0 Å². The Morgan fingerprint density at radius 2 is 2.17 bits per heavy atom. The number of urea groups is 1. The van der Waals surface area contributed by atoms with E-state index in [2.05, 4.69) is 13.3 Å². The number of hydrogen-bond acceptors (Lipinski definition) is 1. The Kier molecular flexibility index (Phi) is 3.38. The third kappa shape index (κ3) is 2.40. The van der Waals surface area contributed by atoms with Crippen LogP contribution in [0.2, 0.25) is 0 Å². The molecule has 1 saturated heterocycles. The molecular formula is C9H17N2O. The maximum atomic E-state index is 10.8. The third-order valence-electron chi connectivity index (χ3n) is 2.50. The molecule has 1 heterocycles. The molecule has 2 N–H and O–H groups in total. The lowest BCUT2D eigenvalue weighted by Crippen LogP contribution is -2.41. The molecule has 3 heteroatoms. The first-order valence-electron chi connectivity index (χ1n) is 4.56. The molecule has 12 heavy (non-hydrogen) atoms. The van der Waals surface area contributed by atoms with E-state index in [0.29, 0.717) is 0 Å². The molecule has 1 radical (unpaired) electrons. The summed E-state index contributed by atoms with van der Waals surface area (Å²) in [7, 11) is 0. The molecule has 1 rings (SSSR count). The number of rotatable bonds is 2. The van der Waals surface area contributed by atoms with Crippen LogP contribution >= 0.6 is 0 Å². The predicted octanol–water partition coefficient (Wildman–Crippen LogP) is 1.39. The fourth-order valence-corrected chi connectivity index (χ4v) is 1.72. The Hall–Kier alpha value is -0.730. The number of carbonyl (C=O) groups is 1. The van der Waals surface area contributed by atoms with Gasteiger partial charge in [0.1, 0.15) is 0 Å². The van der Waals surface area contributed by atoms with Gasteiger partial charge in [-0.2, -0.15) is 0 Å². The van der Waals surface area contributed by atoms with Gasteiger partial charge in [-0.05, 0) is 31.6 Å². The molecule has 0 saturated carbocycles. The second-order valence-corrected chi connectivity index (χ2v) is 3.41. The smallest absolute Gasteiger partial charge is 0.314 e. The summed E-state index contributed by atoms with van der Waals surface area (Å²) >= 11 is 0. The molecule has 1 aliphatic heterocycles. The summed E-state index contributed by atoms with van der Waals surface area (Å²) in [6.45, 7) is 3.77. The fourth-order valence-electron chi connectivity index (χ4n) is 1.72. The number of amides is 2. The van der Waals surface area contributed by atoms with E-state index in [9.17, 15) is 4.79 Å². The molecule has 0 unspecified atom stereocenters. The van der Waals surface area contributed by atoms with E-state index in [1.807, 2.05) is 0 Å². The minimum absolute atomic E-state index is 0.270. The normalized spacial score (nSPS) is 19.6. The van der Waals surface area contributed by atoms with Crippen LogP contribution in [0.15, 0.2) is 0 Å². The van der Waals surface area contributed by atoms with Crippen LogP contribution in [0.5, 0.6) is 0 Å². The summed E-state index contributed by atoms with van der Waals surface area (Å²) < 4.78 is 0. The van der Waals surface area contributed by atoms with Gasteiger partial charge in [0, 0.05) is 13.1 Å². The maximum absolute atomic E-state index is 10.8. The van der Waals surface area contributed by atoms with Crippen LogP contribution in [-0.2, 0) is 0 Å². The maximum Gasteiger partial charge on any atom is 0.314 e. The Balaban J connectivity index is 2.25. The van der Waals surface area contributed by atoms with Gasteiger partial charge in [-0.25, -0.2) is 4.79 Å². The molecule has 69 valence electrons. The molecule has 3 nitrogen and oxygen atoms in total. The molecule has 0 aromatic rings. The third-order valence-corrected chi connectivity index (χ3v) is 2.50. The van der Waals surface area contributed by atoms with Crippen LogP contribution in [0.3, 0.4) is 0 Å². The first-order valence-corrected chi connectivity index (χ1v) is 4.56. The number of carbonyl (C=O) groups excluding carboxylic acids is 1. The van der Waals surface area contributed by atoms with E-state index in [4.69, 9.17) is 5.73 Å². The summed E-state index contributed by atoms with van der Waals surface area (Å²) in [5.41, 5.74) is 5.17. The van der Waals surface area contributed by atoms with Crippen LogP contribution in [-0.4, -0.2) is 24.0 Å². The van der Waals surface area contributed by atoms with Gasteiger partial charge in [-0.15, -0.1) is 0 Å². The van der Waals surface area contributed by atoms with Gasteiger partial charge in [0.25, 0.3) is 0 Å². The van der Waals surface area contributed by atoms with E-state index in [-0.39, 0.29) is 6.03 Å². The molecule has 2 amide bonds. The van der Waals surface area contributed by atoms with Crippen molar-refractivity contribution in [2.45, 2.75) is 26.2 Å². The zero-order valence-corrected chi connectivity index (χ0v) is 7.62. The van der Waals surface area contributed by atoms with Crippen molar-refractivity contribution < 1.29 is 4.79 Å². The summed E-state index contributed by atoms with van der Waals surface area (Å²) in [5.74, 6) is 0.769. The van der Waals surface area contributed by atoms with Crippen molar-refractivity contribution in [1.29, 1.82) is 0 Å². The van der Waals surface area contributed by atoms with Crippen molar-refractivity contribution in [1.82, 2.24) is 4.90 Å². The highest BCUT2D eigenvalue weighted by Gasteiger charge is 2.19. The van der Waals surface area contributed by atoms with Gasteiger partial charge in [0.15, 0.2) is 0 Å². The van der Waals surface area contributed by atoms with E-state index in [1.165, 1.54) is 6.42 Å². The average molecular weight is 169 g/mol. The Morgan fingerprint density at radius 1 is 1.58 bits per heavy atom. The van der Waals surface area contributed by atoms with Gasteiger partial charge >= 0.3 is 6.03 Å². The topological polar surface area (TPSA) is 46.3 Å². The van der Waals surface area contributed by atoms with Crippen molar-refractivity contribution in [2.24, 2.45) is 11.7 Å². The number of nitrogens with two attached hydrogens (primary N) is 1. The number of likely N-dealkylation sites (tertiary alicyclic amines) is 1. The van der Waals surface area contributed by atoms with Crippen LogP contribution in [0.1, 0.15) is 26.2 Å². The van der Waals surface area contributed by atoms with Crippen molar-refractivity contribution in [2.75, 3.05) is 13.1 Å². The van der Waals surface area contributed by atoms with E-state index in [1.54, 1.807) is 4.90 Å². The van der Waals surface area contributed by atoms with Crippen LogP contribution in [0, 0.1) is 12.3 Å². The zero-order valence-electron chi connectivity index (χ0n) is 7.62. The lowest BCUT2D eigenvalue weighted by Gasteiger charge is -2.30. The van der Waals surface area contributed by atoms with Gasteiger partial charge in [0.2, 0.25) is 0 Å². The lowest BCUT2D eigenvalue weighted by atomic mass is 9.93. The molecule has 0 aromatic heterocycles.